The van der Waals surface area contributed by atoms with E-state index < -0.39 is 0 Å². The summed E-state index contributed by atoms with van der Waals surface area (Å²) in [6.45, 7) is 3.56. The van der Waals surface area contributed by atoms with Gasteiger partial charge in [0.2, 0.25) is 0 Å². The molecule has 3 heteroatoms. The van der Waals surface area contributed by atoms with Gasteiger partial charge in [-0.25, -0.2) is 0 Å². The fourth-order valence-electron chi connectivity index (χ4n) is 2.93. The molecule has 0 aliphatic carbocycles. The van der Waals surface area contributed by atoms with Gasteiger partial charge in [0.1, 0.15) is 6.17 Å². The van der Waals surface area contributed by atoms with Crippen LogP contribution in [-0.2, 0) is 4.74 Å². The summed E-state index contributed by atoms with van der Waals surface area (Å²) >= 11 is 0. The van der Waals surface area contributed by atoms with E-state index >= 15 is 0 Å². The van der Waals surface area contributed by atoms with Gasteiger partial charge in [-0.2, -0.15) is 0 Å². The lowest BCUT2D eigenvalue weighted by Crippen LogP contribution is -2.45. The molecule has 1 saturated heterocycles. The third-order valence-corrected chi connectivity index (χ3v) is 4.02. The second-order valence-electron chi connectivity index (χ2n) is 5.38. The monoisotopic (exact) mass is 282 g/mol. The molecule has 1 fully saturated rings. The van der Waals surface area contributed by atoms with E-state index in [1.165, 1.54) is 11.3 Å². The van der Waals surface area contributed by atoms with Crippen LogP contribution < -0.4 is 4.90 Å². The van der Waals surface area contributed by atoms with E-state index in [2.05, 4.69) is 77.5 Å². The van der Waals surface area contributed by atoms with E-state index in [0.29, 0.717) is 0 Å². The van der Waals surface area contributed by atoms with E-state index in [1.54, 1.807) is 0 Å². The Balaban J connectivity index is 1.92. The maximum absolute atomic E-state index is 5.51. The maximum Gasteiger partial charge on any atom is 0.108 e. The van der Waals surface area contributed by atoms with Crippen LogP contribution in [0, 0.1) is 0 Å². The predicted molar refractivity (Wildman–Crippen MR) is 86.4 cm³/mol. The van der Waals surface area contributed by atoms with Crippen LogP contribution in [-0.4, -0.2) is 38.3 Å². The standard InChI is InChI=1S/C18H22N2O/c1-19(17-10-6-3-7-11-17)18(16-8-4-2-5-9-16)20-12-14-21-15-13-20/h2-11,18H,12-15H2,1H3. The van der Waals surface area contributed by atoms with Crippen molar-refractivity contribution in [1.82, 2.24) is 4.90 Å². The predicted octanol–water partition coefficient (Wildman–Crippen LogP) is 3.15. The van der Waals surface area contributed by atoms with Crippen LogP contribution in [0.3, 0.4) is 0 Å². The minimum Gasteiger partial charge on any atom is -0.379 e. The third-order valence-electron chi connectivity index (χ3n) is 4.02. The quantitative estimate of drug-likeness (QED) is 0.857. The van der Waals surface area contributed by atoms with E-state index in [1.807, 2.05) is 0 Å². The molecule has 0 amide bonds. The van der Waals surface area contributed by atoms with E-state index in [9.17, 15) is 0 Å². The fraction of sp³-hybridized carbons (Fsp3) is 0.333. The number of ether oxygens (including phenoxy) is 1. The molecule has 2 aromatic carbocycles. The van der Waals surface area contributed by atoms with Gasteiger partial charge in [-0.1, -0.05) is 48.5 Å². The number of para-hydroxylation sites is 1. The van der Waals surface area contributed by atoms with Gasteiger partial charge in [0, 0.05) is 25.8 Å². The van der Waals surface area contributed by atoms with Gasteiger partial charge in [-0.3, -0.25) is 4.90 Å². The Morgan fingerprint density at radius 1 is 0.905 bits per heavy atom. The van der Waals surface area contributed by atoms with Crippen molar-refractivity contribution >= 4 is 5.69 Å². The first-order valence-electron chi connectivity index (χ1n) is 7.51. The van der Waals surface area contributed by atoms with Crippen molar-refractivity contribution in [1.29, 1.82) is 0 Å². The first-order chi connectivity index (χ1) is 10.4. The van der Waals surface area contributed by atoms with Crippen LogP contribution in [0.1, 0.15) is 11.7 Å². The lowest BCUT2D eigenvalue weighted by atomic mass is 10.1. The molecule has 3 nitrogen and oxygen atoms in total. The van der Waals surface area contributed by atoms with Crippen LogP contribution in [0.4, 0.5) is 5.69 Å². The number of rotatable bonds is 4. The van der Waals surface area contributed by atoms with Gasteiger partial charge in [-0.05, 0) is 17.7 Å². The molecule has 0 N–H and O–H groups in total. The molecule has 1 aliphatic heterocycles. The summed E-state index contributed by atoms with van der Waals surface area (Å²) < 4.78 is 5.51. The topological polar surface area (TPSA) is 15.7 Å². The van der Waals surface area contributed by atoms with E-state index in [4.69, 9.17) is 4.74 Å². The molecule has 110 valence electrons. The Bertz CT molecular complexity index is 538. The molecule has 2 aromatic rings. The van der Waals surface area contributed by atoms with E-state index in [-0.39, 0.29) is 6.17 Å². The zero-order valence-corrected chi connectivity index (χ0v) is 12.5. The molecule has 1 unspecified atom stereocenters. The number of hydrogen-bond donors (Lipinski definition) is 0. The highest BCUT2D eigenvalue weighted by atomic mass is 16.5. The van der Waals surface area contributed by atoms with Crippen LogP contribution in [0.2, 0.25) is 0 Å². The van der Waals surface area contributed by atoms with Gasteiger partial charge in [0.15, 0.2) is 0 Å². The zero-order valence-electron chi connectivity index (χ0n) is 12.5. The Morgan fingerprint density at radius 3 is 2.10 bits per heavy atom. The molecular formula is C18H22N2O. The van der Waals surface area contributed by atoms with Crippen molar-refractivity contribution in [3.63, 3.8) is 0 Å². The molecule has 1 heterocycles. The van der Waals surface area contributed by atoms with Crippen LogP contribution in [0.15, 0.2) is 60.7 Å². The summed E-state index contributed by atoms with van der Waals surface area (Å²) in [5.74, 6) is 0. The second kappa shape index (κ2) is 6.74. The van der Waals surface area contributed by atoms with Crippen LogP contribution in [0.5, 0.6) is 0 Å². The summed E-state index contributed by atoms with van der Waals surface area (Å²) in [6, 6.07) is 21.3. The summed E-state index contributed by atoms with van der Waals surface area (Å²) in [4.78, 5) is 4.84. The molecule has 0 aromatic heterocycles. The lowest BCUT2D eigenvalue weighted by molar-refractivity contribution is 0.0163. The summed E-state index contributed by atoms with van der Waals surface area (Å²) in [7, 11) is 2.17. The molecule has 1 aliphatic rings. The number of anilines is 1. The second-order valence-corrected chi connectivity index (χ2v) is 5.38. The van der Waals surface area contributed by atoms with Crippen molar-refractivity contribution in [2.75, 3.05) is 38.3 Å². The number of morpholine rings is 1. The molecule has 21 heavy (non-hydrogen) atoms. The minimum absolute atomic E-state index is 0.248. The average molecular weight is 282 g/mol. The van der Waals surface area contributed by atoms with Crippen molar-refractivity contribution < 1.29 is 4.74 Å². The normalized spacial score (nSPS) is 17.4. The average Bonchev–Trinajstić information content (AvgIpc) is 2.58. The molecule has 0 spiro atoms. The number of nitrogens with zero attached hydrogens (tertiary/aromatic N) is 2. The summed E-state index contributed by atoms with van der Waals surface area (Å²) in [5, 5.41) is 0. The Hall–Kier alpha value is -1.84. The molecule has 0 bridgehead atoms. The third kappa shape index (κ3) is 3.26. The first-order valence-corrected chi connectivity index (χ1v) is 7.51. The first kappa shape index (κ1) is 14.1. The molecular weight excluding hydrogens is 260 g/mol. The molecule has 3 rings (SSSR count). The van der Waals surface area contributed by atoms with Gasteiger partial charge >= 0.3 is 0 Å². The highest BCUT2D eigenvalue weighted by Gasteiger charge is 2.26. The van der Waals surface area contributed by atoms with Crippen molar-refractivity contribution in [3.8, 4) is 0 Å². The highest BCUT2D eigenvalue weighted by molar-refractivity contribution is 5.47. The Morgan fingerprint density at radius 2 is 1.48 bits per heavy atom. The van der Waals surface area contributed by atoms with Gasteiger partial charge < -0.3 is 9.64 Å². The highest BCUT2D eigenvalue weighted by Crippen LogP contribution is 2.29. The maximum atomic E-state index is 5.51. The van der Waals surface area contributed by atoms with Crippen molar-refractivity contribution in [2.24, 2.45) is 0 Å². The fourth-order valence-corrected chi connectivity index (χ4v) is 2.93. The van der Waals surface area contributed by atoms with E-state index in [0.717, 1.165) is 26.3 Å². The van der Waals surface area contributed by atoms with Crippen molar-refractivity contribution in [2.45, 2.75) is 6.17 Å². The van der Waals surface area contributed by atoms with Crippen LogP contribution >= 0.6 is 0 Å². The van der Waals surface area contributed by atoms with Crippen LogP contribution in [0.25, 0.3) is 0 Å². The molecule has 0 radical (unpaired) electrons. The Labute approximate surface area is 126 Å². The Kier molecular flexibility index (Phi) is 4.53. The zero-order chi connectivity index (χ0) is 14.5. The van der Waals surface area contributed by atoms with Crippen molar-refractivity contribution in [3.05, 3.63) is 66.2 Å². The smallest absolute Gasteiger partial charge is 0.108 e. The van der Waals surface area contributed by atoms with Gasteiger partial charge in [-0.15, -0.1) is 0 Å². The molecule has 0 saturated carbocycles. The lowest BCUT2D eigenvalue weighted by Gasteiger charge is -2.41. The minimum atomic E-state index is 0.248. The summed E-state index contributed by atoms with van der Waals surface area (Å²) in [5.41, 5.74) is 2.56. The van der Waals surface area contributed by atoms with Gasteiger partial charge in [0.25, 0.3) is 0 Å². The number of hydrogen-bond acceptors (Lipinski definition) is 3. The molecule has 1 atom stereocenters. The van der Waals surface area contributed by atoms with Gasteiger partial charge in [0.05, 0.1) is 13.2 Å². The number of benzene rings is 2. The largest absolute Gasteiger partial charge is 0.379 e. The SMILES string of the molecule is CN(c1ccccc1)C(c1ccccc1)N1CCOCC1. The summed E-state index contributed by atoms with van der Waals surface area (Å²) in [6.07, 6.45) is 0.248.